The number of aliphatic hydroxyl groups excluding tert-OH is 1. The van der Waals surface area contributed by atoms with Gasteiger partial charge in [-0.25, -0.2) is 4.39 Å². The van der Waals surface area contributed by atoms with Gasteiger partial charge in [0.2, 0.25) is 0 Å². The van der Waals surface area contributed by atoms with Crippen LogP contribution in [0, 0.1) is 5.82 Å². The van der Waals surface area contributed by atoms with Crippen molar-refractivity contribution < 1.29 is 14.2 Å². The summed E-state index contributed by atoms with van der Waals surface area (Å²) in [6.45, 7) is 4.81. The SMILES string of the molecule is CCN1CCC(Oc2ccc(CO)c(F)c2)C1. The lowest BCUT2D eigenvalue weighted by molar-refractivity contribution is 0.201. The second-order valence-electron chi connectivity index (χ2n) is 4.33. The normalized spacial score (nSPS) is 20.8. The molecule has 1 unspecified atom stereocenters. The number of ether oxygens (including phenoxy) is 1. The number of benzene rings is 1. The van der Waals surface area contributed by atoms with Crippen LogP contribution in [0.5, 0.6) is 5.75 Å². The summed E-state index contributed by atoms with van der Waals surface area (Å²) in [6.07, 6.45) is 1.13. The van der Waals surface area contributed by atoms with E-state index in [0.717, 1.165) is 26.1 Å². The minimum Gasteiger partial charge on any atom is -0.489 e. The van der Waals surface area contributed by atoms with Crippen LogP contribution in [0.4, 0.5) is 4.39 Å². The van der Waals surface area contributed by atoms with E-state index in [0.29, 0.717) is 11.3 Å². The Morgan fingerprint density at radius 1 is 1.53 bits per heavy atom. The lowest BCUT2D eigenvalue weighted by Crippen LogP contribution is -2.24. The topological polar surface area (TPSA) is 32.7 Å². The number of halogens is 1. The van der Waals surface area contributed by atoms with Crippen LogP contribution in [0.1, 0.15) is 18.9 Å². The second kappa shape index (κ2) is 5.47. The number of hydrogen-bond donors (Lipinski definition) is 1. The third-order valence-electron chi connectivity index (χ3n) is 3.17. The Hall–Kier alpha value is -1.13. The predicted molar refractivity (Wildman–Crippen MR) is 63.5 cm³/mol. The maximum atomic E-state index is 13.4. The van der Waals surface area contributed by atoms with E-state index in [-0.39, 0.29) is 12.7 Å². The second-order valence-corrected chi connectivity index (χ2v) is 4.33. The zero-order valence-electron chi connectivity index (χ0n) is 10.0. The molecule has 1 aromatic rings. The number of hydrogen-bond acceptors (Lipinski definition) is 3. The molecule has 1 aromatic carbocycles. The molecule has 0 aromatic heterocycles. The number of likely N-dealkylation sites (N-methyl/N-ethyl adjacent to an activating group) is 1. The molecule has 1 saturated heterocycles. The van der Waals surface area contributed by atoms with Crippen molar-refractivity contribution in [1.82, 2.24) is 4.90 Å². The first-order valence-electron chi connectivity index (χ1n) is 6.01. The predicted octanol–water partition coefficient (Wildman–Crippen LogP) is 1.79. The van der Waals surface area contributed by atoms with Gasteiger partial charge in [0.05, 0.1) is 6.61 Å². The van der Waals surface area contributed by atoms with Crippen LogP contribution in [0.2, 0.25) is 0 Å². The molecule has 94 valence electrons. The van der Waals surface area contributed by atoms with E-state index in [4.69, 9.17) is 9.84 Å². The van der Waals surface area contributed by atoms with Gasteiger partial charge in [-0.3, -0.25) is 4.90 Å². The van der Waals surface area contributed by atoms with Crippen LogP contribution in [-0.4, -0.2) is 35.7 Å². The number of aliphatic hydroxyl groups is 1. The first-order valence-corrected chi connectivity index (χ1v) is 6.01. The third kappa shape index (κ3) is 2.96. The molecule has 17 heavy (non-hydrogen) atoms. The van der Waals surface area contributed by atoms with E-state index < -0.39 is 5.82 Å². The molecule has 0 radical (unpaired) electrons. The lowest BCUT2D eigenvalue weighted by Gasteiger charge is -2.15. The van der Waals surface area contributed by atoms with E-state index in [1.165, 1.54) is 6.07 Å². The molecule has 1 heterocycles. The van der Waals surface area contributed by atoms with Crippen molar-refractivity contribution in [3.05, 3.63) is 29.6 Å². The molecule has 0 saturated carbocycles. The van der Waals surface area contributed by atoms with Gasteiger partial charge in [-0.15, -0.1) is 0 Å². The molecule has 0 aliphatic carbocycles. The molecule has 0 amide bonds. The molecule has 1 N–H and O–H groups in total. The molecule has 0 bridgehead atoms. The van der Waals surface area contributed by atoms with E-state index in [9.17, 15) is 4.39 Å². The first kappa shape index (κ1) is 12.3. The quantitative estimate of drug-likeness (QED) is 0.869. The Labute approximate surface area is 101 Å². The summed E-state index contributed by atoms with van der Waals surface area (Å²) in [6, 6.07) is 4.63. The fraction of sp³-hybridized carbons (Fsp3) is 0.538. The van der Waals surface area contributed by atoms with Gasteiger partial charge in [0.15, 0.2) is 0 Å². The standard InChI is InChI=1S/C13H18FNO2/c1-2-15-6-5-12(8-15)17-11-4-3-10(9-16)13(14)7-11/h3-4,7,12,16H,2,5-6,8-9H2,1H3. The Balaban J connectivity index is 1.97. The number of likely N-dealkylation sites (tertiary alicyclic amines) is 1. The van der Waals surface area contributed by atoms with Crippen LogP contribution in [-0.2, 0) is 6.61 Å². The maximum Gasteiger partial charge on any atom is 0.132 e. The molecule has 1 aliphatic rings. The fourth-order valence-electron chi connectivity index (χ4n) is 2.10. The van der Waals surface area contributed by atoms with E-state index in [1.807, 2.05) is 0 Å². The number of nitrogens with zero attached hydrogens (tertiary/aromatic N) is 1. The smallest absolute Gasteiger partial charge is 0.132 e. The third-order valence-corrected chi connectivity index (χ3v) is 3.17. The largest absolute Gasteiger partial charge is 0.489 e. The zero-order chi connectivity index (χ0) is 12.3. The fourth-order valence-corrected chi connectivity index (χ4v) is 2.10. The summed E-state index contributed by atoms with van der Waals surface area (Å²) >= 11 is 0. The summed E-state index contributed by atoms with van der Waals surface area (Å²) in [5.74, 6) is 0.137. The first-order chi connectivity index (χ1) is 8.22. The summed E-state index contributed by atoms with van der Waals surface area (Å²) in [5.41, 5.74) is 0.305. The van der Waals surface area contributed by atoms with Crippen molar-refractivity contribution in [3.63, 3.8) is 0 Å². The van der Waals surface area contributed by atoms with Crippen LogP contribution in [0.15, 0.2) is 18.2 Å². The van der Waals surface area contributed by atoms with E-state index in [1.54, 1.807) is 12.1 Å². The molecule has 1 atom stereocenters. The lowest BCUT2D eigenvalue weighted by atomic mass is 10.2. The van der Waals surface area contributed by atoms with Gasteiger partial charge < -0.3 is 9.84 Å². The average Bonchev–Trinajstić information content (AvgIpc) is 2.77. The van der Waals surface area contributed by atoms with Crippen molar-refractivity contribution in [3.8, 4) is 5.75 Å². The van der Waals surface area contributed by atoms with Crippen molar-refractivity contribution in [2.75, 3.05) is 19.6 Å². The molecule has 3 nitrogen and oxygen atoms in total. The highest BCUT2D eigenvalue weighted by atomic mass is 19.1. The van der Waals surface area contributed by atoms with Gasteiger partial charge >= 0.3 is 0 Å². The van der Waals surface area contributed by atoms with Gasteiger partial charge in [-0.1, -0.05) is 13.0 Å². The van der Waals surface area contributed by atoms with Crippen molar-refractivity contribution >= 4 is 0 Å². The van der Waals surface area contributed by atoms with E-state index in [2.05, 4.69) is 11.8 Å². The van der Waals surface area contributed by atoms with Gasteiger partial charge in [-0.2, -0.15) is 0 Å². The van der Waals surface area contributed by atoms with Crippen molar-refractivity contribution in [1.29, 1.82) is 0 Å². The highest BCUT2D eigenvalue weighted by molar-refractivity contribution is 5.28. The Bertz CT molecular complexity index is 384. The van der Waals surface area contributed by atoms with Gasteiger partial charge in [0.1, 0.15) is 17.7 Å². The molecular formula is C13H18FNO2. The summed E-state index contributed by atoms with van der Waals surface area (Å²) in [4.78, 5) is 2.31. The zero-order valence-corrected chi connectivity index (χ0v) is 10.0. The summed E-state index contributed by atoms with van der Waals surface area (Å²) in [5, 5.41) is 8.87. The van der Waals surface area contributed by atoms with Crippen LogP contribution in [0.25, 0.3) is 0 Å². The van der Waals surface area contributed by atoms with Crippen molar-refractivity contribution in [2.45, 2.75) is 26.1 Å². The van der Waals surface area contributed by atoms with Gasteiger partial charge in [0, 0.05) is 24.7 Å². The molecule has 1 fully saturated rings. The monoisotopic (exact) mass is 239 g/mol. The molecule has 4 heteroatoms. The molecule has 2 rings (SSSR count). The molecule has 1 aliphatic heterocycles. The van der Waals surface area contributed by atoms with Crippen LogP contribution in [0.3, 0.4) is 0 Å². The molecular weight excluding hydrogens is 221 g/mol. The molecule has 0 spiro atoms. The van der Waals surface area contributed by atoms with Crippen LogP contribution >= 0.6 is 0 Å². The van der Waals surface area contributed by atoms with Gasteiger partial charge in [0.25, 0.3) is 0 Å². The Kier molecular flexibility index (Phi) is 3.97. The van der Waals surface area contributed by atoms with Crippen LogP contribution < -0.4 is 4.74 Å². The summed E-state index contributed by atoms with van der Waals surface area (Å²) in [7, 11) is 0. The Morgan fingerprint density at radius 3 is 2.94 bits per heavy atom. The minimum atomic E-state index is -0.407. The van der Waals surface area contributed by atoms with E-state index >= 15 is 0 Å². The Morgan fingerprint density at radius 2 is 2.35 bits per heavy atom. The average molecular weight is 239 g/mol. The number of rotatable bonds is 4. The highest BCUT2D eigenvalue weighted by Gasteiger charge is 2.22. The maximum absolute atomic E-state index is 13.4. The van der Waals surface area contributed by atoms with Crippen molar-refractivity contribution in [2.24, 2.45) is 0 Å². The highest BCUT2D eigenvalue weighted by Crippen LogP contribution is 2.21. The minimum absolute atomic E-state index is 0.148. The summed E-state index contributed by atoms with van der Waals surface area (Å²) < 4.78 is 19.1. The van der Waals surface area contributed by atoms with Gasteiger partial charge in [-0.05, 0) is 19.0 Å².